The minimum atomic E-state index is -0.791. The van der Waals surface area contributed by atoms with Crippen molar-refractivity contribution in [1.82, 2.24) is 15.1 Å². The highest BCUT2D eigenvalue weighted by Crippen LogP contribution is 2.39. The van der Waals surface area contributed by atoms with Gasteiger partial charge in [-0.2, -0.15) is 4.98 Å². The molecule has 2 aromatic heterocycles. The van der Waals surface area contributed by atoms with Crippen molar-refractivity contribution in [3.63, 3.8) is 0 Å². The van der Waals surface area contributed by atoms with Gasteiger partial charge in [-0.3, -0.25) is 4.79 Å². The number of pyridine rings is 1. The van der Waals surface area contributed by atoms with Gasteiger partial charge in [-0.25, -0.2) is 4.98 Å². The maximum Gasteiger partial charge on any atom is 0.307 e. The molecule has 1 aliphatic rings. The predicted octanol–water partition coefficient (Wildman–Crippen LogP) is 2.41. The second-order valence-corrected chi connectivity index (χ2v) is 5.10. The average molecular weight is 273 g/mol. The lowest BCUT2D eigenvalue weighted by molar-refractivity contribution is -0.142. The summed E-state index contributed by atoms with van der Waals surface area (Å²) >= 11 is 0. The Kier molecular flexibility index (Phi) is 3.22. The number of aromatic nitrogens is 3. The first-order valence-electron chi connectivity index (χ1n) is 6.65. The molecule has 0 radical (unpaired) electrons. The third-order valence-corrected chi connectivity index (χ3v) is 3.71. The third-order valence-electron chi connectivity index (χ3n) is 3.71. The fraction of sp³-hybridized carbons (Fsp3) is 0.429. The van der Waals surface area contributed by atoms with E-state index in [4.69, 9.17) is 4.52 Å². The summed E-state index contributed by atoms with van der Waals surface area (Å²) in [6, 6.07) is 5.58. The number of carbonyl (C=O) groups is 1. The van der Waals surface area contributed by atoms with Crippen LogP contribution in [0.3, 0.4) is 0 Å². The Balaban J connectivity index is 1.89. The number of aryl methyl sites for hydroxylation is 1. The van der Waals surface area contributed by atoms with Crippen LogP contribution in [0.2, 0.25) is 0 Å². The topological polar surface area (TPSA) is 89.1 Å². The highest BCUT2D eigenvalue weighted by Gasteiger charge is 2.37. The number of carboxylic acid groups (broad SMARTS) is 1. The van der Waals surface area contributed by atoms with Gasteiger partial charge in [-0.1, -0.05) is 17.6 Å². The SMILES string of the molecule is Cc1cccc(-c2noc(C3CCCC3C(=O)O)n2)n1. The number of aliphatic carboxylic acids is 1. The van der Waals surface area contributed by atoms with Crippen LogP contribution in [0.1, 0.15) is 36.8 Å². The molecule has 1 saturated carbocycles. The molecule has 6 heteroatoms. The fourth-order valence-corrected chi connectivity index (χ4v) is 2.71. The van der Waals surface area contributed by atoms with Gasteiger partial charge in [0, 0.05) is 5.69 Å². The molecule has 0 spiro atoms. The zero-order valence-corrected chi connectivity index (χ0v) is 11.1. The summed E-state index contributed by atoms with van der Waals surface area (Å²) in [7, 11) is 0. The largest absolute Gasteiger partial charge is 0.481 e. The van der Waals surface area contributed by atoms with E-state index in [1.807, 2.05) is 25.1 Å². The molecule has 20 heavy (non-hydrogen) atoms. The first-order chi connectivity index (χ1) is 9.65. The Hall–Kier alpha value is -2.24. The van der Waals surface area contributed by atoms with Gasteiger partial charge in [0.2, 0.25) is 11.7 Å². The van der Waals surface area contributed by atoms with E-state index in [1.165, 1.54) is 0 Å². The summed E-state index contributed by atoms with van der Waals surface area (Å²) in [6.07, 6.45) is 2.32. The Morgan fingerprint density at radius 3 is 2.95 bits per heavy atom. The van der Waals surface area contributed by atoms with E-state index >= 15 is 0 Å². The van der Waals surface area contributed by atoms with Gasteiger partial charge >= 0.3 is 5.97 Å². The summed E-state index contributed by atoms with van der Waals surface area (Å²) in [5.41, 5.74) is 1.52. The highest BCUT2D eigenvalue weighted by molar-refractivity contribution is 5.71. The highest BCUT2D eigenvalue weighted by atomic mass is 16.5. The molecule has 2 unspecified atom stereocenters. The van der Waals surface area contributed by atoms with Gasteiger partial charge in [0.25, 0.3) is 0 Å². The molecule has 6 nitrogen and oxygen atoms in total. The van der Waals surface area contributed by atoms with Crippen LogP contribution in [0.4, 0.5) is 0 Å². The second kappa shape index (κ2) is 5.03. The molecule has 0 bridgehead atoms. The van der Waals surface area contributed by atoms with Crippen molar-refractivity contribution < 1.29 is 14.4 Å². The van der Waals surface area contributed by atoms with Crippen LogP contribution in [-0.4, -0.2) is 26.2 Å². The molecule has 0 saturated heterocycles. The van der Waals surface area contributed by atoms with Crippen molar-refractivity contribution in [2.45, 2.75) is 32.1 Å². The Morgan fingerprint density at radius 1 is 1.35 bits per heavy atom. The lowest BCUT2D eigenvalue weighted by Crippen LogP contribution is -2.17. The number of hydrogen-bond donors (Lipinski definition) is 1. The molecule has 104 valence electrons. The van der Waals surface area contributed by atoms with E-state index in [9.17, 15) is 9.90 Å². The number of hydrogen-bond acceptors (Lipinski definition) is 5. The van der Waals surface area contributed by atoms with Gasteiger partial charge in [0.1, 0.15) is 5.69 Å². The van der Waals surface area contributed by atoms with Crippen molar-refractivity contribution in [3.8, 4) is 11.5 Å². The molecule has 2 heterocycles. The van der Waals surface area contributed by atoms with Crippen LogP contribution < -0.4 is 0 Å². The zero-order valence-electron chi connectivity index (χ0n) is 11.1. The van der Waals surface area contributed by atoms with E-state index in [0.29, 0.717) is 23.8 Å². The van der Waals surface area contributed by atoms with Crippen LogP contribution in [-0.2, 0) is 4.79 Å². The molecular formula is C14H15N3O3. The van der Waals surface area contributed by atoms with Gasteiger partial charge in [-0.05, 0) is 31.9 Å². The van der Waals surface area contributed by atoms with E-state index < -0.39 is 11.9 Å². The first kappa shape index (κ1) is 12.8. The second-order valence-electron chi connectivity index (χ2n) is 5.10. The van der Waals surface area contributed by atoms with Gasteiger partial charge in [0.15, 0.2) is 0 Å². The standard InChI is InChI=1S/C14H15N3O3/c1-8-4-2-7-11(15-8)12-16-13(20-17-12)9-5-3-6-10(9)14(18)19/h2,4,7,9-10H,3,5-6H2,1H3,(H,18,19). The molecule has 1 N–H and O–H groups in total. The van der Waals surface area contributed by atoms with Crippen LogP contribution in [0.25, 0.3) is 11.5 Å². The van der Waals surface area contributed by atoms with E-state index in [0.717, 1.165) is 18.5 Å². The quantitative estimate of drug-likeness (QED) is 0.923. The first-order valence-corrected chi connectivity index (χ1v) is 6.65. The normalized spacial score (nSPS) is 22.1. The van der Waals surface area contributed by atoms with Crippen molar-refractivity contribution in [1.29, 1.82) is 0 Å². The summed E-state index contributed by atoms with van der Waals surface area (Å²) in [5, 5.41) is 13.1. The Labute approximate surface area is 115 Å². The van der Waals surface area contributed by atoms with Gasteiger partial charge in [-0.15, -0.1) is 0 Å². The van der Waals surface area contributed by atoms with Crippen LogP contribution in [0.15, 0.2) is 22.7 Å². The summed E-state index contributed by atoms with van der Waals surface area (Å²) < 4.78 is 5.26. The Morgan fingerprint density at radius 2 is 2.20 bits per heavy atom. The summed E-state index contributed by atoms with van der Waals surface area (Å²) in [4.78, 5) is 19.9. The molecule has 2 atom stereocenters. The molecular weight excluding hydrogens is 258 g/mol. The lowest BCUT2D eigenvalue weighted by atomic mass is 9.96. The molecule has 0 aliphatic heterocycles. The Bertz CT molecular complexity index is 638. The predicted molar refractivity (Wildman–Crippen MR) is 70.0 cm³/mol. The van der Waals surface area contributed by atoms with Gasteiger partial charge in [0.05, 0.1) is 11.8 Å². The molecule has 3 rings (SSSR count). The molecule has 0 aromatic carbocycles. The average Bonchev–Trinajstić information content (AvgIpc) is 3.07. The number of carboxylic acids is 1. The summed E-state index contributed by atoms with van der Waals surface area (Å²) in [6.45, 7) is 1.89. The van der Waals surface area contributed by atoms with Gasteiger partial charge < -0.3 is 9.63 Å². The fourth-order valence-electron chi connectivity index (χ4n) is 2.71. The van der Waals surface area contributed by atoms with E-state index in [1.54, 1.807) is 0 Å². The third kappa shape index (κ3) is 2.29. The van der Waals surface area contributed by atoms with E-state index in [-0.39, 0.29) is 5.92 Å². The molecule has 2 aromatic rings. The zero-order chi connectivity index (χ0) is 14.1. The van der Waals surface area contributed by atoms with Crippen molar-refractivity contribution in [3.05, 3.63) is 29.8 Å². The minimum absolute atomic E-state index is 0.182. The van der Waals surface area contributed by atoms with Crippen LogP contribution in [0.5, 0.6) is 0 Å². The van der Waals surface area contributed by atoms with Crippen LogP contribution in [0, 0.1) is 12.8 Å². The van der Waals surface area contributed by atoms with Crippen LogP contribution >= 0.6 is 0 Å². The number of rotatable bonds is 3. The summed E-state index contributed by atoms with van der Waals surface area (Å²) in [5.74, 6) is -0.568. The van der Waals surface area contributed by atoms with Crippen molar-refractivity contribution >= 4 is 5.97 Å². The monoisotopic (exact) mass is 273 g/mol. The maximum absolute atomic E-state index is 11.2. The lowest BCUT2D eigenvalue weighted by Gasteiger charge is -2.09. The molecule has 1 fully saturated rings. The minimum Gasteiger partial charge on any atom is -0.481 e. The van der Waals surface area contributed by atoms with E-state index in [2.05, 4.69) is 15.1 Å². The maximum atomic E-state index is 11.2. The molecule has 0 amide bonds. The number of nitrogens with zero attached hydrogens (tertiary/aromatic N) is 3. The van der Waals surface area contributed by atoms with Crippen molar-refractivity contribution in [2.75, 3.05) is 0 Å². The molecule has 1 aliphatic carbocycles. The van der Waals surface area contributed by atoms with Crippen molar-refractivity contribution in [2.24, 2.45) is 5.92 Å². The smallest absolute Gasteiger partial charge is 0.307 e.